The van der Waals surface area contributed by atoms with Crippen LogP contribution in [0, 0.1) is 0 Å². The van der Waals surface area contributed by atoms with Crippen molar-refractivity contribution in [2.24, 2.45) is 5.14 Å². The van der Waals surface area contributed by atoms with E-state index in [1.807, 2.05) is 24.3 Å². The Hall–Kier alpha value is -3.48. The second kappa shape index (κ2) is 8.34. The molecule has 11 nitrogen and oxygen atoms in total. The molecule has 0 amide bonds. The fourth-order valence-electron chi connectivity index (χ4n) is 3.14. The highest BCUT2D eigenvalue weighted by Crippen LogP contribution is 2.21. The van der Waals surface area contributed by atoms with E-state index in [1.54, 1.807) is 0 Å². The molecule has 4 rings (SSSR count). The van der Waals surface area contributed by atoms with Crippen LogP contribution < -0.4 is 21.1 Å². The van der Waals surface area contributed by atoms with Crippen molar-refractivity contribution >= 4 is 39.2 Å². The van der Waals surface area contributed by atoms with Gasteiger partial charge < -0.3 is 20.7 Å². The van der Waals surface area contributed by atoms with E-state index in [2.05, 4.69) is 20.3 Å². The fourth-order valence-corrected chi connectivity index (χ4v) is 3.66. The fraction of sp³-hybridized carbons (Fsp3) is 0.211. The number of aromatic nitrogens is 3. The number of hydrogen-bond acceptors (Lipinski definition) is 9. The molecule has 1 saturated heterocycles. The molecule has 0 aliphatic carbocycles. The van der Waals surface area contributed by atoms with Crippen LogP contribution in [0.1, 0.15) is 10.4 Å². The summed E-state index contributed by atoms with van der Waals surface area (Å²) in [6.45, 7) is 3.10. The number of hydrogen-bond donors (Lipinski definition) is 3. The lowest BCUT2D eigenvalue weighted by Gasteiger charge is -2.28. The van der Waals surface area contributed by atoms with Crippen LogP contribution in [-0.2, 0) is 14.8 Å². The summed E-state index contributed by atoms with van der Waals surface area (Å²) in [5, 5.41) is 12.2. The average Bonchev–Trinajstić information content (AvgIpc) is 3.13. The summed E-state index contributed by atoms with van der Waals surface area (Å²) in [6.07, 6.45) is 0. The minimum Gasteiger partial charge on any atom is -0.378 e. The predicted molar refractivity (Wildman–Crippen MR) is 115 cm³/mol. The number of sulfonamides is 1. The lowest BCUT2D eigenvalue weighted by Crippen LogP contribution is -2.36. The number of nitrogens with one attached hydrogen (secondary N) is 1. The zero-order valence-electron chi connectivity index (χ0n) is 16.4. The highest BCUT2D eigenvalue weighted by Gasteiger charge is 2.17. The van der Waals surface area contributed by atoms with Gasteiger partial charge in [0.15, 0.2) is 0 Å². The molecule has 3 aromatic rings. The molecule has 2 heterocycles. The second-order valence-electron chi connectivity index (χ2n) is 6.85. The van der Waals surface area contributed by atoms with E-state index in [1.165, 1.54) is 24.3 Å². The van der Waals surface area contributed by atoms with Crippen molar-refractivity contribution in [1.29, 1.82) is 0 Å². The first-order valence-electron chi connectivity index (χ1n) is 9.41. The van der Waals surface area contributed by atoms with E-state index in [4.69, 9.17) is 15.6 Å². The number of carbonyl (C=O) groups excluding carboxylic acids is 1. The van der Waals surface area contributed by atoms with Gasteiger partial charge in [0.1, 0.15) is 0 Å². The van der Waals surface area contributed by atoms with E-state index in [9.17, 15) is 13.2 Å². The number of nitrogens with zero attached hydrogens (tertiary/aromatic N) is 4. The number of morpholine rings is 1. The van der Waals surface area contributed by atoms with Crippen molar-refractivity contribution in [3.8, 4) is 0 Å². The molecular formula is C19H21N7O4S. The molecule has 1 aromatic heterocycles. The maximum atomic E-state index is 12.7. The predicted octanol–water partition coefficient (Wildman–Crippen LogP) is 0.776. The third kappa shape index (κ3) is 4.66. The van der Waals surface area contributed by atoms with Gasteiger partial charge in [-0.15, -0.1) is 5.10 Å². The summed E-state index contributed by atoms with van der Waals surface area (Å²) in [4.78, 5) is 18.9. The van der Waals surface area contributed by atoms with Crippen LogP contribution in [0.4, 0.5) is 23.3 Å². The van der Waals surface area contributed by atoms with Gasteiger partial charge in [-0.05, 0) is 48.5 Å². The molecule has 0 saturated carbocycles. The third-order valence-corrected chi connectivity index (χ3v) is 5.68. The first-order chi connectivity index (χ1) is 14.8. The Morgan fingerprint density at radius 3 is 2.29 bits per heavy atom. The molecule has 5 N–H and O–H groups in total. The van der Waals surface area contributed by atoms with E-state index in [0.29, 0.717) is 13.2 Å². The Morgan fingerprint density at radius 2 is 1.68 bits per heavy atom. The maximum Gasteiger partial charge on any atom is 0.281 e. The van der Waals surface area contributed by atoms with Crippen molar-refractivity contribution in [3.63, 3.8) is 0 Å². The van der Waals surface area contributed by atoms with Gasteiger partial charge in [-0.1, -0.05) is 0 Å². The number of rotatable bonds is 5. The van der Waals surface area contributed by atoms with Gasteiger partial charge in [0.05, 0.1) is 18.1 Å². The molecule has 31 heavy (non-hydrogen) atoms. The van der Waals surface area contributed by atoms with Crippen molar-refractivity contribution in [2.75, 3.05) is 42.3 Å². The standard InChI is InChI=1S/C19H21N7O4S/c20-18-23-19(22-14-3-5-15(6-4-14)25-9-11-30-12-10-25)24-26(18)17(27)13-1-7-16(8-2-13)31(21,28)29/h1-8H,9-12H2,(H2,21,28,29)(H3,20,22,23,24). The molecule has 0 spiro atoms. The molecule has 1 fully saturated rings. The van der Waals surface area contributed by atoms with Gasteiger partial charge in [0.25, 0.3) is 5.91 Å². The Labute approximate surface area is 178 Å². The second-order valence-corrected chi connectivity index (χ2v) is 8.41. The summed E-state index contributed by atoms with van der Waals surface area (Å²) in [5.74, 6) is -0.499. The highest BCUT2D eigenvalue weighted by molar-refractivity contribution is 7.89. The number of benzene rings is 2. The Balaban J connectivity index is 1.48. The van der Waals surface area contributed by atoms with Gasteiger partial charge in [0.2, 0.25) is 21.9 Å². The molecule has 0 bridgehead atoms. The molecule has 2 aromatic carbocycles. The van der Waals surface area contributed by atoms with Crippen molar-refractivity contribution in [1.82, 2.24) is 14.8 Å². The molecule has 1 aliphatic heterocycles. The van der Waals surface area contributed by atoms with Crippen LogP contribution in [0.2, 0.25) is 0 Å². The number of primary sulfonamides is 1. The van der Waals surface area contributed by atoms with E-state index < -0.39 is 15.9 Å². The molecule has 0 radical (unpaired) electrons. The van der Waals surface area contributed by atoms with E-state index in [-0.39, 0.29) is 22.4 Å². The van der Waals surface area contributed by atoms with Gasteiger partial charge in [0, 0.05) is 30.0 Å². The first-order valence-corrected chi connectivity index (χ1v) is 11.0. The number of nitrogens with two attached hydrogens (primary N) is 2. The molecule has 0 atom stereocenters. The molecular weight excluding hydrogens is 422 g/mol. The topological polar surface area (TPSA) is 158 Å². The Kier molecular flexibility index (Phi) is 5.59. The van der Waals surface area contributed by atoms with Gasteiger partial charge in [-0.25, -0.2) is 13.6 Å². The normalized spacial score (nSPS) is 14.4. The van der Waals surface area contributed by atoms with Crippen LogP contribution in [0.3, 0.4) is 0 Å². The Bertz CT molecular complexity index is 1180. The zero-order valence-corrected chi connectivity index (χ0v) is 17.2. The van der Waals surface area contributed by atoms with Gasteiger partial charge >= 0.3 is 0 Å². The number of ether oxygens (including phenoxy) is 1. The quantitative estimate of drug-likeness (QED) is 0.518. The Morgan fingerprint density at radius 1 is 1.03 bits per heavy atom. The summed E-state index contributed by atoms with van der Waals surface area (Å²) in [6, 6.07) is 12.9. The number of nitrogen functional groups attached to an aromatic ring is 1. The maximum absolute atomic E-state index is 12.7. The summed E-state index contributed by atoms with van der Waals surface area (Å²) < 4.78 is 29.0. The van der Waals surface area contributed by atoms with Crippen LogP contribution in [0.25, 0.3) is 0 Å². The van der Waals surface area contributed by atoms with Crippen molar-refractivity contribution < 1.29 is 17.9 Å². The molecule has 162 valence electrons. The third-order valence-electron chi connectivity index (χ3n) is 4.75. The SMILES string of the molecule is Nc1nc(Nc2ccc(N3CCOCC3)cc2)nn1C(=O)c1ccc(S(N)(=O)=O)cc1. The summed E-state index contributed by atoms with van der Waals surface area (Å²) >= 11 is 0. The van der Waals surface area contributed by atoms with Crippen LogP contribution in [-0.4, -0.2) is 55.4 Å². The lowest BCUT2D eigenvalue weighted by atomic mass is 10.2. The van der Waals surface area contributed by atoms with Crippen molar-refractivity contribution in [2.45, 2.75) is 4.90 Å². The smallest absolute Gasteiger partial charge is 0.281 e. The van der Waals surface area contributed by atoms with Crippen molar-refractivity contribution in [3.05, 3.63) is 54.1 Å². The summed E-state index contributed by atoms with van der Waals surface area (Å²) in [5.41, 5.74) is 7.86. The average molecular weight is 443 g/mol. The molecule has 0 unspecified atom stereocenters. The molecule has 12 heteroatoms. The van der Waals surface area contributed by atoms with E-state index in [0.717, 1.165) is 29.1 Å². The van der Waals surface area contributed by atoms with Crippen LogP contribution >= 0.6 is 0 Å². The monoisotopic (exact) mass is 443 g/mol. The number of anilines is 4. The van der Waals surface area contributed by atoms with Crippen LogP contribution in [0.5, 0.6) is 0 Å². The highest BCUT2D eigenvalue weighted by atomic mass is 32.2. The molecule has 1 aliphatic rings. The minimum absolute atomic E-state index is 0.0986. The van der Waals surface area contributed by atoms with Gasteiger partial charge in [-0.2, -0.15) is 9.67 Å². The number of carbonyl (C=O) groups is 1. The largest absolute Gasteiger partial charge is 0.378 e. The van der Waals surface area contributed by atoms with Crippen LogP contribution in [0.15, 0.2) is 53.4 Å². The zero-order chi connectivity index (χ0) is 22.0. The van der Waals surface area contributed by atoms with Gasteiger partial charge in [-0.3, -0.25) is 4.79 Å². The first kappa shape index (κ1) is 20.8. The van der Waals surface area contributed by atoms with E-state index >= 15 is 0 Å². The summed E-state index contributed by atoms with van der Waals surface area (Å²) in [7, 11) is -3.85. The lowest BCUT2D eigenvalue weighted by molar-refractivity contribution is 0.0948. The minimum atomic E-state index is -3.85.